The van der Waals surface area contributed by atoms with Crippen LogP contribution in [0.3, 0.4) is 0 Å². The summed E-state index contributed by atoms with van der Waals surface area (Å²) in [5.41, 5.74) is 1.24. The van der Waals surface area contributed by atoms with E-state index in [9.17, 15) is 0 Å². The molecule has 0 aromatic carbocycles. The molecular weight excluding hydrogens is 282 g/mol. The maximum atomic E-state index is 5.77. The van der Waals surface area contributed by atoms with Crippen molar-refractivity contribution in [3.8, 4) is 0 Å². The molecule has 2 rings (SSSR count). The third kappa shape index (κ3) is 4.66. The Morgan fingerprint density at radius 1 is 1.43 bits per heavy atom. The lowest BCUT2D eigenvalue weighted by molar-refractivity contribution is 0.115. The van der Waals surface area contributed by atoms with E-state index in [4.69, 9.17) is 9.72 Å². The fourth-order valence-corrected chi connectivity index (χ4v) is 3.76. The summed E-state index contributed by atoms with van der Waals surface area (Å²) in [7, 11) is 0. The number of anilines is 1. The molecule has 1 fully saturated rings. The molecule has 1 saturated heterocycles. The van der Waals surface area contributed by atoms with Crippen molar-refractivity contribution in [1.29, 1.82) is 0 Å². The fourth-order valence-electron chi connectivity index (χ4n) is 2.59. The highest BCUT2D eigenvalue weighted by Crippen LogP contribution is 2.28. The minimum Gasteiger partial charge on any atom is -0.376 e. The van der Waals surface area contributed by atoms with Gasteiger partial charge in [0, 0.05) is 37.2 Å². The van der Waals surface area contributed by atoms with E-state index in [0.717, 1.165) is 37.8 Å². The Kier molecular flexibility index (Phi) is 6.45. The largest absolute Gasteiger partial charge is 0.376 e. The molecule has 1 unspecified atom stereocenters. The summed E-state index contributed by atoms with van der Waals surface area (Å²) < 4.78 is 5.77. The first-order valence-corrected chi connectivity index (χ1v) is 9.04. The van der Waals surface area contributed by atoms with Crippen molar-refractivity contribution in [3.63, 3.8) is 0 Å². The van der Waals surface area contributed by atoms with Crippen molar-refractivity contribution in [1.82, 2.24) is 10.3 Å². The number of thiazole rings is 1. The summed E-state index contributed by atoms with van der Waals surface area (Å²) in [6.45, 7) is 12.6. The maximum absolute atomic E-state index is 5.77. The monoisotopic (exact) mass is 311 g/mol. The molecule has 1 aliphatic rings. The predicted molar refractivity (Wildman–Crippen MR) is 90.3 cm³/mol. The number of nitrogens with zero attached hydrogens (tertiary/aromatic N) is 2. The molecule has 0 saturated carbocycles. The van der Waals surface area contributed by atoms with Crippen molar-refractivity contribution in [2.75, 3.05) is 24.6 Å². The number of rotatable bonds is 8. The second-order valence-electron chi connectivity index (χ2n) is 5.93. The Hall–Kier alpha value is -0.650. The summed E-state index contributed by atoms with van der Waals surface area (Å²) in [5.74, 6) is 0. The van der Waals surface area contributed by atoms with E-state index < -0.39 is 0 Å². The van der Waals surface area contributed by atoms with Crippen molar-refractivity contribution in [2.45, 2.75) is 65.6 Å². The molecule has 1 N–H and O–H groups in total. The fraction of sp³-hybridized carbons (Fsp3) is 0.812. The Bertz CT molecular complexity index is 427. The molecular formula is C16H29N3OS. The number of ether oxygens (including phenoxy) is 1. The second-order valence-corrected chi connectivity index (χ2v) is 6.99. The molecule has 2 heterocycles. The average molecular weight is 311 g/mol. The topological polar surface area (TPSA) is 37.4 Å². The number of hydrogen-bond donors (Lipinski definition) is 1. The average Bonchev–Trinajstić information content (AvgIpc) is 3.11. The van der Waals surface area contributed by atoms with Gasteiger partial charge >= 0.3 is 0 Å². The summed E-state index contributed by atoms with van der Waals surface area (Å²) in [6, 6.07) is 0.509. The minimum atomic E-state index is 0.385. The molecule has 1 aliphatic heterocycles. The molecule has 1 aromatic heterocycles. The summed E-state index contributed by atoms with van der Waals surface area (Å²) in [5, 5.41) is 4.66. The van der Waals surface area contributed by atoms with E-state index in [1.165, 1.54) is 23.4 Å². The summed E-state index contributed by atoms with van der Waals surface area (Å²) >= 11 is 1.84. The van der Waals surface area contributed by atoms with E-state index in [1.54, 1.807) is 0 Å². The van der Waals surface area contributed by atoms with Gasteiger partial charge in [0.2, 0.25) is 0 Å². The molecule has 0 radical (unpaired) electrons. The second kappa shape index (κ2) is 8.11. The van der Waals surface area contributed by atoms with Crippen molar-refractivity contribution >= 4 is 16.5 Å². The van der Waals surface area contributed by atoms with Crippen LogP contribution in [-0.2, 0) is 17.7 Å². The van der Waals surface area contributed by atoms with Crippen LogP contribution in [0.4, 0.5) is 5.13 Å². The number of aryl methyl sites for hydroxylation is 1. The number of nitrogens with one attached hydrogen (secondary N) is 1. The molecule has 0 amide bonds. The van der Waals surface area contributed by atoms with Crippen molar-refractivity contribution in [3.05, 3.63) is 10.6 Å². The van der Waals surface area contributed by atoms with E-state index in [2.05, 4.69) is 37.9 Å². The smallest absolute Gasteiger partial charge is 0.185 e. The van der Waals surface area contributed by atoms with Crippen LogP contribution in [0, 0.1) is 0 Å². The standard InChI is InChI=1S/C16H29N3OS/c1-5-14-15(10-17-12(3)4)21-16(18-14)19(6-2)11-13-8-7-9-20-13/h12-13,17H,5-11H2,1-4H3. The zero-order valence-electron chi connectivity index (χ0n) is 13.8. The molecule has 0 aliphatic carbocycles. The quantitative estimate of drug-likeness (QED) is 0.800. The summed E-state index contributed by atoms with van der Waals surface area (Å²) in [4.78, 5) is 8.62. The number of aromatic nitrogens is 1. The van der Waals surface area contributed by atoms with Crippen molar-refractivity contribution in [2.24, 2.45) is 0 Å². The Morgan fingerprint density at radius 2 is 2.24 bits per heavy atom. The summed E-state index contributed by atoms with van der Waals surface area (Å²) in [6.07, 6.45) is 3.77. The Balaban J connectivity index is 2.05. The molecule has 0 bridgehead atoms. The normalized spacial score (nSPS) is 18.6. The molecule has 1 atom stereocenters. The maximum Gasteiger partial charge on any atom is 0.185 e. The van der Waals surface area contributed by atoms with Gasteiger partial charge in [-0.1, -0.05) is 20.8 Å². The highest BCUT2D eigenvalue weighted by molar-refractivity contribution is 7.15. The van der Waals surface area contributed by atoms with E-state index in [-0.39, 0.29) is 0 Å². The Morgan fingerprint density at radius 3 is 2.81 bits per heavy atom. The first kappa shape index (κ1) is 16.7. The highest BCUT2D eigenvalue weighted by atomic mass is 32.1. The van der Waals surface area contributed by atoms with E-state index >= 15 is 0 Å². The number of hydrogen-bond acceptors (Lipinski definition) is 5. The molecule has 120 valence electrons. The zero-order valence-corrected chi connectivity index (χ0v) is 14.6. The van der Waals surface area contributed by atoms with Crippen LogP contribution >= 0.6 is 11.3 Å². The van der Waals surface area contributed by atoms with E-state index in [0.29, 0.717) is 12.1 Å². The van der Waals surface area contributed by atoms with Crippen LogP contribution in [0.5, 0.6) is 0 Å². The van der Waals surface area contributed by atoms with Gasteiger partial charge < -0.3 is 15.0 Å². The van der Waals surface area contributed by atoms with Gasteiger partial charge in [-0.15, -0.1) is 11.3 Å². The van der Waals surface area contributed by atoms with Gasteiger partial charge in [0.05, 0.1) is 11.8 Å². The van der Waals surface area contributed by atoms with Crippen LogP contribution < -0.4 is 10.2 Å². The van der Waals surface area contributed by atoms with Gasteiger partial charge in [-0.05, 0) is 26.2 Å². The van der Waals surface area contributed by atoms with Gasteiger partial charge in [-0.2, -0.15) is 0 Å². The van der Waals surface area contributed by atoms with E-state index in [1.807, 2.05) is 11.3 Å². The van der Waals surface area contributed by atoms with Gasteiger partial charge in [0.15, 0.2) is 5.13 Å². The predicted octanol–water partition coefficient (Wildman–Crippen LogP) is 3.21. The van der Waals surface area contributed by atoms with Crippen LogP contribution in [0.25, 0.3) is 0 Å². The molecule has 5 heteroatoms. The first-order valence-electron chi connectivity index (χ1n) is 8.22. The lowest BCUT2D eigenvalue weighted by Crippen LogP contribution is -2.31. The minimum absolute atomic E-state index is 0.385. The molecule has 1 aromatic rings. The van der Waals surface area contributed by atoms with Crippen LogP contribution in [0.2, 0.25) is 0 Å². The van der Waals surface area contributed by atoms with Crippen LogP contribution in [0.1, 0.15) is 51.1 Å². The molecule has 21 heavy (non-hydrogen) atoms. The van der Waals surface area contributed by atoms with Gasteiger partial charge in [-0.25, -0.2) is 4.98 Å². The third-order valence-electron chi connectivity index (χ3n) is 3.87. The molecule has 0 spiro atoms. The Labute approximate surface area is 132 Å². The first-order chi connectivity index (χ1) is 10.1. The zero-order chi connectivity index (χ0) is 15.2. The van der Waals surface area contributed by atoms with Gasteiger partial charge in [-0.3, -0.25) is 0 Å². The van der Waals surface area contributed by atoms with Crippen molar-refractivity contribution < 1.29 is 4.74 Å². The van der Waals surface area contributed by atoms with Crippen LogP contribution in [0.15, 0.2) is 0 Å². The SMILES string of the molecule is CCc1nc(N(CC)CC2CCCO2)sc1CNC(C)C. The lowest BCUT2D eigenvalue weighted by Gasteiger charge is -2.23. The molecule has 4 nitrogen and oxygen atoms in total. The highest BCUT2D eigenvalue weighted by Gasteiger charge is 2.21. The number of likely N-dealkylation sites (N-methyl/N-ethyl adjacent to an activating group) is 1. The van der Waals surface area contributed by atoms with Gasteiger partial charge in [0.1, 0.15) is 0 Å². The third-order valence-corrected chi connectivity index (χ3v) is 5.03. The van der Waals surface area contributed by atoms with Crippen LogP contribution in [-0.4, -0.2) is 36.8 Å². The lowest BCUT2D eigenvalue weighted by atomic mass is 10.2. The van der Waals surface area contributed by atoms with Gasteiger partial charge in [0.25, 0.3) is 0 Å².